The van der Waals surface area contributed by atoms with E-state index in [1.54, 1.807) is 34.8 Å². The van der Waals surface area contributed by atoms with Crippen LogP contribution in [0.15, 0.2) is 104 Å². The molecule has 18 heteroatoms. The molecule has 12 unspecified atom stereocenters. The lowest BCUT2D eigenvalue weighted by Crippen LogP contribution is -2.32. The van der Waals surface area contributed by atoms with Gasteiger partial charge in [-0.3, -0.25) is 38.5 Å². The van der Waals surface area contributed by atoms with Crippen LogP contribution in [0.25, 0.3) is 0 Å². The van der Waals surface area contributed by atoms with E-state index < -0.39 is 23.9 Å². The number of nitrogens with two attached hydrogens (primary N) is 2. The Bertz CT molecular complexity index is 2650. The number of esters is 4. The molecule has 0 amide bonds. The highest BCUT2D eigenvalue weighted by molar-refractivity contribution is 6.17. The Morgan fingerprint density at radius 1 is 0.652 bits per heavy atom. The van der Waals surface area contributed by atoms with Gasteiger partial charge in [0.2, 0.25) is 0 Å². The lowest BCUT2D eigenvalue weighted by molar-refractivity contribution is -0.697. The number of carbonyl (C=O) groups is 7. The van der Waals surface area contributed by atoms with E-state index in [2.05, 4.69) is 134 Å². The van der Waals surface area contributed by atoms with Crippen LogP contribution in [0.2, 0.25) is 0 Å². The summed E-state index contributed by atoms with van der Waals surface area (Å²) in [5, 5.41) is 19.8. The fraction of sp³-hybridized carbons (Fsp3) is 0.608. The number of carboxylic acid groups (broad SMARTS) is 2. The number of carboxylic acids is 2. The topological polar surface area (TPSA) is 268 Å². The zero-order valence-corrected chi connectivity index (χ0v) is 59.1. The number of nitrogens with zero attached hydrogens (tertiary/aromatic N) is 2. The van der Waals surface area contributed by atoms with Crippen LogP contribution >= 0.6 is 11.6 Å². The first-order valence-corrected chi connectivity index (χ1v) is 33.9. The molecule has 0 aliphatic carbocycles. The molecule has 0 bridgehead atoms. The zero-order chi connectivity index (χ0) is 69.7. The number of unbranched alkanes of at least 4 members (excludes halogenated alkanes) is 3. The molecule has 2 aromatic carbocycles. The molecule has 0 spiro atoms. The molecular formula is C74H117ClN5O12+. The van der Waals surface area contributed by atoms with Crippen LogP contribution in [-0.4, -0.2) is 96.2 Å². The quantitative estimate of drug-likeness (QED) is 0.0107. The Labute approximate surface area is 557 Å². The number of aliphatic carboxylic acids is 2. The molecule has 0 radical (unpaired) electrons. The van der Waals surface area contributed by atoms with E-state index in [1.165, 1.54) is 40.7 Å². The number of benzene rings is 2. The van der Waals surface area contributed by atoms with Crippen LogP contribution in [0.4, 0.5) is 0 Å². The number of likely N-dealkylation sites (N-methyl/N-ethyl adjacent to an activating group) is 1. The highest BCUT2D eigenvalue weighted by Crippen LogP contribution is 2.34. The van der Waals surface area contributed by atoms with Crippen molar-refractivity contribution in [2.24, 2.45) is 47.0 Å². The standard InChI is InChI=1S/C22H30N2O2.C14H16O3.C11H15Cl.C9H14O4.C8H18N2O.C5H13N.C5H10O2/c1-3-19(17-18(2)20-8-12-23-13-9-20)21-10-15-24(16-11-21)14-6-4-5-7-22(25)26;1-9(11-6-4-3-5-7-11)8-12-10(2)13(15)17-14(12)16;1-3-9(2)11-6-4-10(8-12)5-7-11;1-5(12-3)4-7-6(2)8(10)13-9(7)11;1-7(11)8(10-2)5-3-4-6-9;1-3-5(2)4-6;1-3-4(2)5(6)7/h8-13,15-16,18-19H,3-7,14,17H2,1-2H3;3-7,9-10,12H,8H2,1-2H3;4-7,9H,3,8H2,1-2H3;5-7H,4H2,1-3H3;8,10H,3-6,9H2,1-2H3;5H,3-4,6H2,1-2H3;4H,3H2,1-2H3,(H,6,7)/p+1. The average molecular weight is 1300 g/mol. The second kappa shape index (κ2) is 50.3. The number of Topliss-reactive ketones (excluding diaryl/α,β-unsaturated/α-hetero) is 1. The third-order valence-corrected chi connectivity index (χ3v) is 17.6. The van der Waals surface area contributed by atoms with E-state index in [0.29, 0.717) is 48.9 Å². The number of aryl methyl sites for hydroxylation is 1. The second-order valence-corrected chi connectivity index (χ2v) is 24.8. The maximum absolute atomic E-state index is 11.5. The van der Waals surface area contributed by atoms with E-state index >= 15 is 0 Å². The van der Waals surface area contributed by atoms with Gasteiger partial charge in [-0.05, 0) is 168 Å². The molecule has 6 rings (SSSR count). The number of alkyl halides is 1. The molecule has 516 valence electrons. The van der Waals surface area contributed by atoms with E-state index in [4.69, 9.17) is 38.0 Å². The van der Waals surface area contributed by atoms with Crippen LogP contribution < -0.4 is 21.4 Å². The Balaban J connectivity index is 0.00000111. The monoisotopic (exact) mass is 1300 g/mol. The van der Waals surface area contributed by atoms with Gasteiger partial charge in [0, 0.05) is 50.4 Å². The SMILES string of the molecule is CC(CC1C(=O)OC(=O)C1C)c1ccccc1.CCC(C)C(=O)O.CCC(C)CN.CCC(C)c1ccc(CCl)cc1.CCC(CC(C)c1ccncc1)c1cc[n+](CCCCCC(=O)O)cc1.CNC(CCCCN)C(C)=O.COC(C)CC1C(=O)OC(=O)C1C. The number of pyridine rings is 2. The second-order valence-electron chi connectivity index (χ2n) is 24.5. The van der Waals surface area contributed by atoms with Gasteiger partial charge in [0.25, 0.3) is 0 Å². The molecular weight excluding hydrogens is 1190 g/mol. The number of rotatable bonds is 30. The fourth-order valence-corrected chi connectivity index (χ4v) is 9.79. The molecule has 12 atom stereocenters. The van der Waals surface area contributed by atoms with Crippen molar-refractivity contribution in [1.82, 2.24) is 10.3 Å². The lowest BCUT2D eigenvalue weighted by atomic mass is 9.85. The predicted molar refractivity (Wildman–Crippen MR) is 368 cm³/mol. The molecule has 0 saturated carbocycles. The maximum Gasteiger partial charge on any atom is 0.317 e. The van der Waals surface area contributed by atoms with Gasteiger partial charge in [0.15, 0.2) is 12.4 Å². The van der Waals surface area contributed by atoms with E-state index in [0.717, 1.165) is 70.9 Å². The van der Waals surface area contributed by atoms with E-state index in [9.17, 15) is 33.6 Å². The minimum atomic E-state index is -0.706. The fourth-order valence-electron chi connectivity index (χ4n) is 9.61. The number of halogens is 1. The van der Waals surface area contributed by atoms with Gasteiger partial charge in [0.1, 0.15) is 12.3 Å². The van der Waals surface area contributed by atoms with Crippen molar-refractivity contribution in [2.45, 2.75) is 228 Å². The van der Waals surface area contributed by atoms with Gasteiger partial charge in [-0.2, -0.15) is 0 Å². The Morgan fingerprint density at radius 3 is 1.60 bits per heavy atom. The third-order valence-electron chi connectivity index (χ3n) is 17.3. The van der Waals surface area contributed by atoms with Crippen molar-refractivity contribution < 1.29 is 62.6 Å². The summed E-state index contributed by atoms with van der Waals surface area (Å²) in [4.78, 5) is 80.4. The molecule has 4 heterocycles. The molecule has 2 saturated heterocycles. The number of carbonyl (C=O) groups excluding carboxylic acids is 5. The van der Waals surface area contributed by atoms with Crippen molar-refractivity contribution in [1.29, 1.82) is 0 Å². The van der Waals surface area contributed by atoms with Crippen molar-refractivity contribution >= 4 is 53.2 Å². The molecule has 7 N–H and O–H groups in total. The van der Waals surface area contributed by atoms with Gasteiger partial charge in [-0.15, -0.1) is 11.6 Å². The first kappa shape index (κ1) is 85.8. The summed E-state index contributed by atoms with van der Waals surface area (Å²) in [7, 11) is 3.39. The molecule has 2 fully saturated rings. The summed E-state index contributed by atoms with van der Waals surface area (Å²) in [6.45, 7) is 28.4. The van der Waals surface area contributed by atoms with Crippen LogP contribution in [0.5, 0.6) is 0 Å². The number of nitrogens with one attached hydrogen (secondary N) is 1. The lowest BCUT2D eigenvalue weighted by Gasteiger charge is -2.20. The summed E-state index contributed by atoms with van der Waals surface area (Å²) in [5.41, 5.74) is 17.2. The summed E-state index contributed by atoms with van der Waals surface area (Å²) >= 11 is 5.69. The molecule has 4 aromatic rings. The molecule has 2 aliphatic heterocycles. The van der Waals surface area contributed by atoms with Crippen molar-refractivity contribution in [3.05, 3.63) is 131 Å². The highest BCUT2D eigenvalue weighted by Gasteiger charge is 2.42. The minimum absolute atomic E-state index is 0.0223. The number of hydrogen-bond acceptors (Lipinski definition) is 14. The number of aromatic nitrogens is 2. The van der Waals surface area contributed by atoms with Gasteiger partial charge in [-0.1, -0.05) is 144 Å². The van der Waals surface area contributed by atoms with Gasteiger partial charge in [0.05, 0.1) is 41.7 Å². The largest absolute Gasteiger partial charge is 0.481 e. The summed E-state index contributed by atoms with van der Waals surface area (Å²) < 4.78 is 16.4. The van der Waals surface area contributed by atoms with Crippen LogP contribution in [0, 0.1) is 35.5 Å². The molecule has 92 heavy (non-hydrogen) atoms. The Morgan fingerprint density at radius 2 is 1.20 bits per heavy atom. The number of cyclic esters (lactones) is 4. The Hall–Kier alpha value is -6.24. The van der Waals surface area contributed by atoms with Gasteiger partial charge >= 0.3 is 35.8 Å². The first-order valence-electron chi connectivity index (χ1n) is 33.4. The predicted octanol–water partition coefficient (Wildman–Crippen LogP) is 14.3. The van der Waals surface area contributed by atoms with Crippen molar-refractivity contribution in [2.75, 3.05) is 27.2 Å². The van der Waals surface area contributed by atoms with Crippen molar-refractivity contribution in [3.63, 3.8) is 0 Å². The van der Waals surface area contributed by atoms with Crippen LogP contribution in [0.3, 0.4) is 0 Å². The summed E-state index contributed by atoms with van der Waals surface area (Å²) in [5.74, 6) is -0.917. The van der Waals surface area contributed by atoms with Gasteiger partial charge in [-0.25, -0.2) is 4.57 Å². The maximum atomic E-state index is 11.5. The minimum Gasteiger partial charge on any atom is -0.481 e. The van der Waals surface area contributed by atoms with Crippen LogP contribution in [0.1, 0.15) is 231 Å². The number of methoxy groups -OCH3 is 1. The zero-order valence-electron chi connectivity index (χ0n) is 58.4. The number of ketones is 1. The molecule has 2 aliphatic rings. The van der Waals surface area contributed by atoms with Crippen LogP contribution in [-0.2, 0) is 60.2 Å². The molecule has 17 nitrogen and oxygen atoms in total. The van der Waals surface area contributed by atoms with Crippen molar-refractivity contribution in [3.8, 4) is 0 Å². The Kier molecular flexibility index (Phi) is 46.9. The number of ether oxygens (including phenoxy) is 3. The third kappa shape index (κ3) is 35.7. The number of hydrogen-bond donors (Lipinski definition) is 5. The van der Waals surface area contributed by atoms with E-state index in [1.807, 2.05) is 63.6 Å². The normalized spacial score (nSPS) is 18.0. The summed E-state index contributed by atoms with van der Waals surface area (Å²) in [6, 6.07) is 27.3. The highest BCUT2D eigenvalue weighted by atomic mass is 35.5. The summed E-state index contributed by atoms with van der Waals surface area (Å²) in [6.07, 6.45) is 20.6. The van der Waals surface area contributed by atoms with E-state index in [-0.39, 0.29) is 71.8 Å². The molecule has 2 aromatic heterocycles. The first-order chi connectivity index (χ1) is 43.7. The average Bonchev–Trinajstić information content (AvgIpc) is 1.75. The smallest absolute Gasteiger partial charge is 0.317 e. The van der Waals surface area contributed by atoms with Gasteiger partial charge < -0.3 is 41.2 Å².